The summed E-state index contributed by atoms with van der Waals surface area (Å²) in [6, 6.07) is 7.65. The van der Waals surface area contributed by atoms with E-state index in [9.17, 15) is 4.79 Å². The first-order valence-electron chi connectivity index (χ1n) is 12.7. The van der Waals surface area contributed by atoms with Crippen LogP contribution in [0.15, 0.2) is 35.9 Å². The Kier molecular flexibility index (Phi) is 7.04. The molecule has 1 atom stereocenters. The fourth-order valence-corrected chi connectivity index (χ4v) is 5.49. The van der Waals surface area contributed by atoms with E-state index in [2.05, 4.69) is 33.4 Å². The summed E-state index contributed by atoms with van der Waals surface area (Å²) >= 11 is 6.09. The maximum absolute atomic E-state index is 13.0. The Morgan fingerprint density at radius 2 is 1.97 bits per heavy atom. The summed E-state index contributed by atoms with van der Waals surface area (Å²) in [4.78, 5) is 15.2. The van der Waals surface area contributed by atoms with Gasteiger partial charge in [0.1, 0.15) is 5.52 Å². The van der Waals surface area contributed by atoms with Gasteiger partial charge in [-0.2, -0.15) is 10.2 Å². The average Bonchev–Trinajstić information content (AvgIpc) is 3.23. The van der Waals surface area contributed by atoms with Gasteiger partial charge in [-0.1, -0.05) is 23.3 Å². The van der Waals surface area contributed by atoms with E-state index >= 15 is 0 Å². The molecule has 1 amide bonds. The number of hydrogen-bond acceptors (Lipinski definition) is 5. The van der Waals surface area contributed by atoms with Crippen LogP contribution < -0.4 is 10.2 Å². The number of aromatic nitrogens is 4. The molecule has 1 aliphatic heterocycles. The summed E-state index contributed by atoms with van der Waals surface area (Å²) in [5.74, 6) is 0.846. The second-order valence-electron chi connectivity index (χ2n) is 9.74. The van der Waals surface area contributed by atoms with Crippen LogP contribution in [0.1, 0.15) is 56.3 Å². The first-order valence-corrected chi connectivity index (χ1v) is 13.1. The number of benzene rings is 1. The van der Waals surface area contributed by atoms with E-state index < -0.39 is 0 Å². The fraction of sp³-hybridized carbons (Fsp3) is 0.481. The number of nitrogens with one attached hydrogen (secondary N) is 1. The van der Waals surface area contributed by atoms with Gasteiger partial charge >= 0.3 is 0 Å². The molecule has 1 fully saturated rings. The summed E-state index contributed by atoms with van der Waals surface area (Å²) in [5.41, 5.74) is 5.13. The number of nitrogens with zero attached hydrogens (tertiary/aromatic N) is 5. The van der Waals surface area contributed by atoms with Crippen molar-refractivity contribution in [2.45, 2.75) is 58.8 Å². The average molecular weight is 493 g/mol. The molecule has 5 rings (SSSR count). The minimum Gasteiger partial charge on any atom is -0.355 e. The van der Waals surface area contributed by atoms with Gasteiger partial charge < -0.3 is 10.2 Å². The van der Waals surface area contributed by atoms with Gasteiger partial charge in [-0.25, -0.2) is 4.68 Å². The number of hydrogen-bond donors (Lipinski definition) is 1. The number of anilines is 1. The number of carbonyl (C=O) groups excluding carboxylic acids is 1. The maximum Gasteiger partial charge on any atom is 0.224 e. The van der Waals surface area contributed by atoms with E-state index in [4.69, 9.17) is 16.7 Å². The lowest BCUT2D eigenvalue weighted by Gasteiger charge is -2.32. The highest BCUT2D eigenvalue weighted by Crippen LogP contribution is 2.32. The van der Waals surface area contributed by atoms with Crippen LogP contribution in [0, 0.1) is 19.8 Å². The quantitative estimate of drug-likeness (QED) is 0.472. The van der Waals surface area contributed by atoms with Gasteiger partial charge in [0, 0.05) is 24.7 Å². The normalized spacial score (nSPS) is 18.5. The Morgan fingerprint density at radius 3 is 2.74 bits per heavy atom. The fourth-order valence-electron chi connectivity index (χ4n) is 5.36. The van der Waals surface area contributed by atoms with Crippen LogP contribution in [0.4, 0.5) is 5.82 Å². The molecule has 184 valence electrons. The van der Waals surface area contributed by atoms with E-state index in [0.717, 1.165) is 66.1 Å². The van der Waals surface area contributed by atoms with E-state index in [-0.39, 0.29) is 11.8 Å². The molecule has 0 saturated carbocycles. The zero-order valence-corrected chi connectivity index (χ0v) is 21.3. The number of halogens is 1. The Balaban J connectivity index is 1.34. The number of carbonyl (C=O) groups is 1. The second-order valence-corrected chi connectivity index (χ2v) is 10.2. The highest BCUT2D eigenvalue weighted by atomic mass is 35.5. The van der Waals surface area contributed by atoms with Gasteiger partial charge in [0.2, 0.25) is 5.91 Å². The Bertz CT molecular complexity index is 1250. The van der Waals surface area contributed by atoms with Crippen molar-refractivity contribution in [3.8, 4) is 5.69 Å². The van der Waals surface area contributed by atoms with Crippen LogP contribution in [-0.4, -0.2) is 45.5 Å². The largest absolute Gasteiger partial charge is 0.355 e. The minimum absolute atomic E-state index is 0.0540. The molecule has 35 heavy (non-hydrogen) atoms. The van der Waals surface area contributed by atoms with Crippen molar-refractivity contribution in [3.05, 3.63) is 52.3 Å². The monoisotopic (exact) mass is 492 g/mol. The van der Waals surface area contributed by atoms with Crippen LogP contribution in [-0.2, 0) is 4.79 Å². The number of allylic oxidation sites excluding steroid dienone is 1. The first-order chi connectivity index (χ1) is 17.0. The molecule has 0 spiro atoms. The van der Waals surface area contributed by atoms with Gasteiger partial charge in [-0.3, -0.25) is 4.79 Å². The summed E-state index contributed by atoms with van der Waals surface area (Å²) < 4.78 is 1.93. The smallest absolute Gasteiger partial charge is 0.224 e. The lowest BCUT2D eigenvalue weighted by molar-refractivity contribution is -0.125. The van der Waals surface area contributed by atoms with Crippen LogP contribution in [0.3, 0.4) is 0 Å². The third-order valence-corrected chi connectivity index (χ3v) is 7.53. The van der Waals surface area contributed by atoms with Gasteiger partial charge in [0.25, 0.3) is 0 Å². The molecule has 0 bridgehead atoms. The van der Waals surface area contributed by atoms with Crippen molar-refractivity contribution in [1.29, 1.82) is 0 Å². The van der Waals surface area contributed by atoms with Gasteiger partial charge in [-0.05, 0) is 83.1 Å². The van der Waals surface area contributed by atoms with Crippen LogP contribution in [0.5, 0.6) is 0 Å². The number of piperidine rings is 1. The predicted molar refractivity (Wildman–Crippen MR) is 140 cm³/mol. The molecule has 1 aromatic carbocycles. The molecule has 0 radical (unpaired) electrons. The molecule has 1 saturated heterocycles. The van der Waals surface area contributed by atoms with Crippen molar-refractivity contribution in [2.75, 3.05) is 24.5 Å². The van der Waals surface area contributed by atoms with Crippen LogP contribution >= 0.6 is 11.6 Å². The van der Waals surface area contributed by atoms with Crippen molar-refractivity contribution in [1.82, 2.24) is 25.3 Å². The lowest BCUT2D eigenvalue weighted by Crippen LogP contribution is -2.43. The van der Waals surface area contributed by atoms with E-state index in [1.54, 1.807) is 0 Å². The molecule has 3 heterocycles. The molecular formula is C27H33ClN6O. The molecule has 1 unspecified atom stereocenters. The summed E-state index contributed by atoms with van der Waals surface area (Å²) in [5, 5.41) is 18.8. The van der Waals surface area contributed by atoms with Gasteiger partial charge in [0.05, 0.1) is 28.4 Å². The second kappa shape index (κ2) is 10.4. The van der Waals surface area contributed by atoms with E-state index in [1.807, 2.05) is 35.9 Å². The number of fused-ring (bicyclic) bond motifs is 1. The van der Waals surface area contributed by atoms with Crippen molar-refractivity contribution in [2.24, 2.45) is 5.92 Å². The van der Waals surface area contributed by atoms with Crippen molar-refractivity contribution < 1.29 is 4.79 Å². The standard InChI is InChI=1S/C27H33ClN6O/c1-18-24-19(2)34(23-12-10-22(28)11-13-23)32-25(24)26(31-30-18)33-16-6-9-21(17-33)27(35)29-15-14-20-7-4-3-5-8-20/h7,10-13,21H,3-6,8-9,14-17H2,1-2H3,(H,29,35). The molecule has 7 nitrogen and oxygen atoms in total. The lowest BCUT2D eigenvalue weighted by atomic mass is 9.96. The Labute approximate surface area is 211 Å². The molecule has 1 N–H and O–H groups in total. The third-order valence-electron chi connectivity index (χ3n) is 7.28. The van der Waals surface area contributed by atoms with E-state index in [1.165, 1.54) is 31.3 Å². The zero-order valence-electron chi connectivity index (χ0n) is 20.6. The number of amides is 1. The molecule has 1 aliphatic carbocycles. The molecule has 3 aromatic rings. The van der Waals surface area contributed by atoms with Crippen LogP contribution in [0.2, 0.25) is 5.02 Å². The Morgan fingerprint density at radius 1 is 1.14 bits per heavy atom. The van der Waals surface area contributed by atoms with Crippen molar-refractivity contribution in [3.63, 3.8) is 0 Å². The topological polar surface area (TPSA) is 75.9 Å². The Hall–Kier alpha value is -2.93. The van der Waals surface area contributed by atoms with Gasteiger partial charge in [0.15, 0.2) is 5.82 Å². The van der Waals surface area contributed by atoms with Crippen molar-refractivity contribution >= 4 is 34.2 Å². The van der Waals surface area contributed by atoms with Gasteiger partial charge in [-0.15, -0.1) is 5.10 Å². The molecule has 2 aliphatic rings. The maximum atomic E-state index is 13.0. The number of aryl methyl sites for hydroxylation is 2. The molecular weight excluding hydrogens is 460 g/mol. The summed E-state index contributed by atoms with van der Waals surface area (Å²) in [7, 11) is 0. The minimum atomic E-state index is -0.0540. The number of rotatable bonds is 6. The predicted octanol–water partition coefficient (Wildman–Crippen LogP) is 5.31. The highest BCUT2D eigenvalue weighted by molar-refractivity contribution is 6.30. The van der Waals surface area contributed by atoms with E-state index in [0.29, 0.717) is 11.6 Å². The summed E-state index contributed by atoms with van der Waals surface area (Å²) in [6.45, 7) is 6.22. The highest BCUT2D eigenvalue weighted by Gasteiger charge is 2.29. The molecule has 8 heteroatoms. The van der Waals surface area contributed by atoms with Crippen LogP contribution in [0.25, 0.3) is 16.6 Å². The third kappa shape index (κ3) is 5.06. The molecule has 2 aromatic heterocycles. The SMILES string of the molecule is Cc1nnc(N2CCCC(C(=O)NCCC3=CCCCC3)C2)c2nn(-c3ccc(Cl)cc3)c(C)c12. The zero-order chi connectivity index (χ0) is 24.4. The first kappa shape index (κ1) is 23.8. The summed E-state index contributed by atoms with van der Waals surface area (Å²) in [6.07, 6.45) is 10.1.